The van der Waals surface area contributed by atoms with Crippen molar-refractivity contribution in [2.45, 2.75) is 19.4 Å². The van der Waals surface area contributed by atoms with Gasteiger partial charge in [-0.25, -0.2) is 4.39 Å². The Morgan fingerprint density at radius 2 is 2.11 bits per heavy atom. The minimum Gasteiger partial charge on any atom is -0.488 e. The summed E-state index contributed by atoms with van der Waals surface area (Å²) in [6, 6.07) is 13.5. The van der Waals surface area contributed by atoms with Crippen molar-refractivity contribution >= 4 is 5.69 Å². The second-order valence-electron chi connectivity index (χ2n) is 4.63. The fourth-order valence-corrected chi connectivity index (χ4v) is 2.36. The van der Waals surface area contributed by atoms with E-state index in [1.807, 2.05) is 12.1 Å². The largest absolute Gasteiger partial charge is 0.488 e. The standard InChI is InChI=1S/C16H15FNO/c17-14-7-2-8-15(10-14)19-11-13-5-1-4-12-6-3-9-18-16(12)13/h1-2,4-5,7-8,18H,3,6,9,11H2. The van der Waals surface area contributed by atoms with Crippen molar-refractivity contribution < 1.29 is 9.13 Å². The zero-order valence-electron chi connectivity index (χ0n) is 10.6. The number of halogens is 1. The SMILES string of the molecule is Fc1[c]c(OCc2cccc3c2NCCC3)ccc1. The van der Waals surface area contributed by atoms with Crippen LogP contribution in [0.1, 0.15) is 17.5 Å². The monoisotopic (exact) mass is 256 g/mol. The number of ether oxygens (including phenoxy) is 1. The second-order valence-corrected chi connectivity index (χ2v) is 4.63. The summed E-state index contributed by atoms with van der Waals surface area (Å²) in [4.78, 5) is 0. The molecule has 1 heterocycles. The molecule has 0 atom stereocenters. The van der Waals surface area contributed by atoms with Crippen LogP contribution in [0.25, 0.3) is 0 Å². The highest BCUT2D eigenvalue weighted by Crippen LogP contribution is 2.27. The Morgan fingerprint density at radius 3 is 3.00 bits per heavy atom. The van der Waals surface area contributed by atoms with E-state index in [1.54, 1.807) is 12.1 Å². The lowest BCUT2D eigenvalue weighted by molar-refractivity contribution is 0.304. The molecule has 19 heavy (non-hydrogen) atoms. The summed E-state index contributed by atoms with van der Waals surface area (Å²) >= 11 is 0. The van der Waals surface area contributed by atoms with Gasteiger partial charge in [0.1, 0.15) is 18.2 Å². The maximum atomic E-state index is 13.0. The smallest absolute Gasteiger partial charge is 0.135 e. The molecule has 0 saturated heterocycles. The van der Waals surface area contributed by atoms with Gasteiger partial charge in [-0.05, 0) is 30.5 Å². The van der Waals surface area contributed by atoms with E-state index < -0.39 is 5.82 Å². The molecule has 3 heteroatoms. The van der Waals surface area contributed by atoms with Gasteiger partial charge < -0.3 is 10.1 Å². The first kappa shape index (κ1) is 12.0. The fraction of sp³-hybridized carbons (Fsp3) is 0.250. The van der Waals surface area contributed by atoms with E-state index in [2.05, 4.69) is 17.4 Å². The Hall–Kier alpha value is -2.03. The van der Waals surface area contributed by atoms with Crippen LogP contribution in [0.3, 0.4) is 0 Å². The van der Waals surface area contributed by atoms with Crippen LogP contribution < -0.4 is 10.1 Å². The van der Waals surface area contributed by atoms with Crippen molar-refractivity contribution in [3.05, 3.63) is 59.4 Å². The van der Waals surface area contributed by atoms with Crippen LogP contribution in [-0.4, -0.2) is 6.54 Å². The van der Waals surface area contributed by atoms with Gasteiger partial charge in [0, 0.05) is 17.8 Å². The van der Waals surface area contributed by atoms with Crippen molar-refractivity contribution in [2.24, 2.45) is 0 Å². The zero-order valence-corrected chi connectivity index (χ0v) is 10.6. The van der Waals surface area contributed by atoms with Gasteiger partial charge >= 0.3 is 0 Å². The van der Waals surface area contributed by atoms with E-state index in [9.17, 15) is 4.39 Å². The fourth-order valence-electron chi connectivity index (χ4n) is 2.36. The van der Waals surface area contributed by atoms with E-state index >= 15 is 0 Å². The van der Waals surface area contributed by atoms with Crippen molar-refractivity contribution in [2.75, 3.05) is 11.9 Å². The molecule has 0 aliphatic carbocycles. The number of anilines is 1. The van der Waals surface area contributed by atoms with Crippen LogP contribution in [0.2, 0.25) is 0 Å². The third kappa shape index (κ3) is 2.70. The van der Waals surface area contributed by atoms with Crippen LogP contribution in [0.4, 0.5) is 10.1 Å². The van der Waals surface area contributed by atoms with Gasteiger partial charge in [-0.2, -0.15) is 0 Å². The van der Waals surface area contributed by atoms with Gasteiger partial charge in [0.2, 0.25) is 0 Å². The third-order valence-corrected chi connectivity index (χ3v) is 3.28. The van der Waals surface area contributed by atoms with E-state index in [0.717, 1.165) is 24.9 Å². The topological polar surface area (TPSA) is 21.3 Å². The Bertz CT molecular complexity index is 583. The van der Waals surface area contributed by atoms with Crippen molar-refractivity contribution in [3.8, 4) is 5.75 Å². The molecule has 0 spiro atoms. The molecule has 97 valence electrons. The van der Waals surface area contributed by atoms with Crippen LogP contribution >= 0.6 is 0 Å². The molecule has 2 nitrogen and oxygen atoms in total. The number of para-hydroxylation sites is 1. The van der Waals surface area contributed by atoms with Gasteiger partial charge in [0.15, 0.2) is 0 Å². The molecule has 3 rings (SSSR count). The summed E-state index contributed by atoms with van der Waals surface area (Å²) in [5.41, 5.74) is 3.61. The van der Waals surface area contributed by atoms with Gasteiger partial charge in [0.25, 0.3) is 0 Å². The number of fused-ring (bicyclic) bond motifs is 1. The third-order valence-electron chi connectivity index (χ3n) is 3.28. The average molecular weight is 256 g/mol. The lowest BCUT2D eigenvalue weighted by Gasteiger charge is -2.21. The molecular formula is C16H15FNO. The van der Waals surface area contributed by atoms with Crippen LogP contribution in [-0.2, 0) is 13.0 Å². The molecule has 1 aliphatic rings. The van der Waals surface area contributed by atoms with Gasteiger partial charge in [-0.1, -0.05) is 24.3 Å². The van der Waals surface area contributed by atoms with Crippen LogP contribution in [0, 0.1) is 11.9 Å². The summed E-state index contributed by atoms with van der Waals surface area (Å²) in [6.45, 7) is 1.42. The molecule has 0 saturated carbocycles. The molecule has 0 aromatic heterocycles. The summed E-state index contributed by atoms with van der Waals surface area (Å²) in [5, 5.41) is 3.41. The summed E-state index contributed by atoms with van der Waals surface area (Å²) < 4.78 is 18.6. The van der Waals surface area contributed by atoms with E-state index in [1.165, 1.54) is 17.3 Å². The average Bonchev–Trinajstić information content (AvgIpc) is 2.45. The number of aryl methyl sites for hydroxylation is 1. The van der Waals surface area contributed by atoms with Gasteiger partial charge in [-0.15, -0.1) is 0 Å². The van der Waals surface area contributed by atoms with Crippen molar-refractivity contribution in [1.29, 1.82) is 0 Å². The molecule has 1 radical (unpaired) electrons. The normalized spacial score (nSPS) is 13.5. The molecule has 0 fully saturated rings. The first-order valence-electron chi connectivity index (χ1n) is 6.48. The van der Waals surface area contributed by atoms with Crippen LogP contribution in [0.5, 0.6) is 5.75 Å². The molecule has 2 aromatic rings. The quantitative estimate of drug-likeness (QED) is 0.906. The first-order chi connectivity index (χ1) is 9.33. The Labute approximate surface area is 112 Å². The predicted octanol–water partition coefficient (Wildman–Crippen LogP) is 3.56. The molecule has 0 bridgehead atoms. The zero-order chi connectivity index (χ0) is 13.1. The van der Waals surface area contributed by atoms with Crippen molar-refractivity contribution in [1.82, 2.24) is 0 Å². The predicted molar refractivity (Wildman–Crippen MR) is 72.8 cm³/mol. The van der Waals surface area contributed by atoms with Crippen molar-refractivity contribution in [3.63, 3.8) is 0 Å². The summed E-state index contributed by atoms with van der Waals surface area (Å²) in [5.74, 6) is 0.0409. The van der Waals surface area contributed by atoms with Gasteiger partial charge in [0.05, 0.1) is 6.07 Å². The maximum Gasteiger partial charge on any atom is 0.135 e. The molecular weight excluding hydrogens is 241 g/mol. The highest BCUT2D eigenvalue weighted by Gasteiger charge is 2.12. The van der Waals surface area contributed by atoms with E-state index in [0.29, 0.717) is 12.4 Å². The summed E-state index contributed by atoms with van der Waals surface area (Å²) in [6.07, 6.45) is 2.26. The molecule has 2 aromatic carbocycles. The van der Waals surface area contributed by atoms with Gasteiger partial charge in [-0.3, -0.25) is 0 Å². The molecule has 1 aliphatic heterocycles. The molecule has 0 unspecified atom stereocenters. The van der Waals surface area contributed by atoms with Crippen LogP contribution in [0.15, 0.2) is 36.4 Å². The Kier molecular flexibility index (Phi) is 3.36. The minimum absolute atomic E-state index is 0.397. The van der Waals surface area contributed by atoms with E-state index in [-0.39, 0.29) is 0 Å². The number of nitrogens with one attached hydrogen (secondary N) is 1. The summed E-state index contributed by atoms with van der Waals surface area (Å²) in [7, 11) is 0. The Morgan fingerprint density at radius 1 is 1.21 bits per heavy atom. The minimum atomic E-state index is -0.397. The highest BCUT2D eigenvalue weighted by molar-refractivity contribution is 5.59. The molecule has 1 N–H and O–H groups in total. The Balaban J connectivity index is 1.77. The maximum absolute atomic E-state index is 13.0. The lowest BCUT2D eigenvalue weighted by atomic mass is 10.00. The number of hydrogen-bond donors (Lipinski definition) is 1. The highest BCUT2D eigenvalue weighted by atomic mass is 19.1. The first-order valence-corrected chi connectivity index (χ1v) is 6.48. The number of rotatable bonds is 3. The lowest BCUT2D eigenvalue weighted by Crippen LogP contribution is -2.14. The number of benzene rings is 2. The number of hydrogen-bond acceptors (Lipinski definition) is 2. The molecule has 0 amide bonds. The van der Waals surface area contributed by atoms with E-state index in [4.69, 9.17) is 4.74 Å². The second kappa shape index (κ2) is 5.31.